The molecule has 8 nitrogen and oxygen atoms in total. The lowest BCUT2D eigenvalue weighted by atomic mass is 9.98. The van der Waals surface area contributed by atoms with E-state index in [9.17, 15) is 14.0 Å². The number of benzene rings is 3. The minimum Gasteiger partial charge on any atom is -0.487 e. The molecule has 0 bridgehead atoms. The van der Waals surface area contributed by atoms with E-state index in [2.05, 4.69) is 15.6 Å². The van der Waals surface area contributed by atoms with Crippen LogP contribution in [0.3, 0.4) is 0 Å². The van der Waals surface area contributed by atoms with Gasteiger partial charge in [0, 0.05) is 48.9 Å². The van der Waals surface area contributed by atoms with Gasteiger partial charge in [0.15, 0.2) is 0 Å². The molecule has 5 rings (SSSR count). The van der Waals surface area contributed by atoms with Crippen LogP contribution in [-0.2, 0) is 13.7 Å². The molecule has 0 spiro atoms. The van der Waals surface area contributed by atoms with Gasteiger partial charge in [-0.2, -0.15) is 0 Å². The second kappa shape index (κ2) is 11.7. The molecule has 0 radical (unpaired) electrons. The quantitative estimate of drug-likeness (QED) is 0.234. The van der Waals surface area contributed by atoms with Crippen molar-refractivity contribution in [1.82, 2.24) is 20.2 Å². The second-order valence-electron chi connectivity index (χ2n) is 10.2. The first-order valence-electron chi connectivity index (χ1n) is 13.3. The lowest BCUT2D eigenvalue weighted by Gasteiger charge is -2.14. The fourth-order valence-corrected chi connectivity index (χ4v) is 4.53. The lowest BCUT2D eigenvalue weighted by Crippen LogP contribution is -2.27. The Hall–Kier alpha value is -4.92. The summed E-state index contributed by atoms with van der Waals surface area (Å²) in [5.41, 5.74) is 4.04. The van der Waals surface area contributed by atoms with E-state index in [1.54, 1.807) is 49.8 Å². The number of hydrogen-bond acceptors (Lipinski definition) is 5. The number of ether oxygens (including phenoxy) is 1. The number of furan rings is 1. The summed E-state index contributed by atoms with van der Waals surface area (Å²) in [5, 5.41) is 6.21. The zero-order chi connectivity index (χ0) is 29.1. The van der Waals surface area contributed by atoms with Crippen LogP contribution in [0.2, 0.25) is 0 Å². The Balaban J connectivity index is 1.61. The molecule has 0 aliphatic rings. The van der Waals surface area contributed by atoms with E-state index < -0.39 is 0 Å². The largest absolute Gasteiger partial charge is 0.487 e. The summed E-state index contributed by atoms with van der Waals surface area (Å²) >= 11 is 0. The van der Waals surface area contributed by atoms with Crippen molar-refractivity contribution in [3.8, 4) is 28.2 Å². The number of aryl methyl sites for hydroxylation is 1. The molecule has 0 aliphatic carbocycles. The van der Waals surface area contributed by atoms with Crippen LogP contribution in [-0.4, -0.2) is 35.0 Å². The van der Waals surface area contributed by atoms with Gasteiger partial charge < -0.3 is 24.4 Å². The highest BCUT2D eigenvalue weighted by atomic mass is 19.1. The average molecular weight is 555 g/mol. The number of halogens is 1. The SMILES string of the molecule is CNC(=O)c1c(-c2ccc(F)cc2)oc2ccc(-c3cc(C(=O)NCC(C)C)ccc3OCc3cn(C)cn3)cc12. The van der Waals surface area contributed by atoms with Crippen LogP contribution in [0.1, 0.15) is 40.3 Å². The standard InChI is InChI=1S/C32H31FN4O4/c1-19(2)15-35-31(38)22-8-11-27(40-17-24-16-37(4)18-36-24)25(14-22)21-7-12-28-26(13-21)29(32(39)34-3)30(41-28)20-5-9-23(33)10-6-20/h5-14,16,18-19H,15,17H2,1-4H3,(H,34,39)(H,35,38). The van der Waals surface area contributed by atoms with Gasteiger partial charge in [0.1, 0.15) is 29.5 Å². The van der Waals surface area contributed by atoms with E-state index in [1.165, 1.54) is 12.1 Å². The molecule has 0 saturated carbocycles. The van der Waals surface area contributed by atoms with E-state index in [4.69, 9.17) is 9.15 Å². The van der Waals surface area contributed by atoms with Gasteiger partial charge in [0.2, 0.25) is 0 Å². The molecule has 0 aliphatic heterocycles. The third-order valence-corrected chi connectivity index (χ3v) is 6.61. The third-order valence-electron chi connectivity index (χ3n) is 6.61. The maximum atomic E-state index is 13.6. The maximum Gasteiger partial charge on any atom is 0.255 e. The molecule has 0 saturated heterocycles. The van der Waals surface area contributed by atoms with Crippen molar-refractivity contribution in [2.24, 2.45) is 13.0 Å². The molecule has 0 atom stereocenters. The Morgan fingerprint density at radius 1 is 1.02 bits per heavy atom. The van der Waals surface area contributed by atoms with Gasteiger partial charge in [0.05, 0.1) is 17.6 Å². The summed E-state index contributed by atoms with van der Waals surface area (Å²) in [6, 6.07) is 16.5. The number of nitrogens with one attached hydrogen (secondary N) is 2. The Kier molecular flexibility index (Phi) is 7.87. The number of carbonyl (C=O) groups excluding carboxylic acids is 2. The van der Waals surface area contributed by atoms with Crippen molar-refractivity contribution < 1.29 is 23.1 Å². The van der Waals surface area contributed by atoms with Crippen molar-refractivity contribution >= 4 is 22.8 Å². The Morgan fingerprint density at radius 2 is 1.78 bits per heavy atom. The molecule has 2 aromatic heterocycles. The molecule has 41 heavy (non-hydrogen) atoms. The average Bonchev–Trinajstić information content (AvgIpc) is 3.57. The topological polar surface area (TPSA) is 98.4 Å². The number of amides is 2. The first kappa shape index (κ1) is 27.6. The molecule has 2 amide bonds. The summed E-state index contributed by atoms with van der Waals surface area (Å²) in [7, 11) is 3.43. The van der Waals surface area contributed by atoms with Crippen LogP contribution >= 0.6 is 0 Å². The molecular weight excluding hydrogens is 523 g/mol. The number of rotatable bonds is 9. The van der Waals surface area contributed by atoms with E-state index in [-0.39, 0.29) is 24.2 Å². The van der Waals surface area contributed by atoms with Gasteiger partial charge in [-0.15, -0.1) is 0 Å². The number of hydrogen-bond donors (Lipinski definition) is 2. The zero-order valence-electron chi connectivity index (χ0n) is 23.3. The molecule has 2 N–H and O–H groups in total. The van der Waals surface area contributed by atoms with Gasteiger partial charge in [0.25, 0.3) is 11.8 Å². The molecular formula is C32H31FN4O4. The van der Waals surface area contributed by atoms with Gasteiger partial charge >= 0.3 is 0 Å². The second-order valence-corrected chi connectivity index (χ2v) is 10.2. The Labute approximate surface area is 237 Å². The lowest BCUT2D eigenvalue weighted by molar-refractivity contribution is 0.0945. The number of carbonyl (C=O) groups is 2. The number of aromatic nitrogens is 2. The van der Waals surface area contributed by atoms with E-state index >= 15 is 0 Å². The summed E-state index contributed by atoms with van der Waals surface area (Å²) in [5.74, 6) is 0.286. The number of nitrogens with zero attached hydrogens (tertiary/aromatic N) is 2. The predicted molar refractivity (Wildman–Crippen MR) is 155 cm³/mol. The fourth-order valence-electron chi connectivity index (χ4n) is 4.53. The zero-order valence-corrected chi connectivity index (χ0v) is 23.3. The summed E-state index contributed by atoms with van der Waals surface area (Å²) in [6.07, 6.45) is 3.57. The Bertz CT molecular complexity index is 1720. The first-order valence-corrected chi connectivity index (χ1v) is 13.3. The normalized spacial score (nSPS) is 11.2. The summed E-state index contributed by atoms with van der Waals surface area (Å²) in [4.78, 5) is 30.3. The minimum absolute atomic E-state index is 0.190. The van der Waals surface area contributed by atoms with Crippen LogP contribution in [0.4, 0.5) is 4.39 Å². The van der Waals surface area contributed by atoms with Crippen LogP contribution in [0.25, 0.3) is 33.4 Å². The van der Waals surface area contributed by atoms with Gasteiger partial charge in [-0.05, 0) is 66.1 Å². The Morgan fingerprint density at radius 3 is 2.46 bits per heavy atom. The van der Waals surface area contributed by atoms with Crippen LogP contribution in [0.5, 0.6) is 5.75 Å². The highest BCUT2D eigenvalue weighted by molar-refractivity contribution is 6.12. The number of imidazole rings is 1. The third kappa shape index (κ3) is 5.99. The molecule has 0 fully saturated rings. The van der Waals surface area contributed by atoms with Crippen LogP contribution < -0.4 is 15.4 Å². The van der Waals surface area contributed by atoms with Crippen molar-refractivity contribution in [2.75, 3.05) is 13.6 Å². The predicted octanol–water partition coefficient (Wildman–Crippen LogP) is 5.96. The maximum absolute atomic E-state index is 13.6. The molecule has 0 unspecified atom stereocenters. The van der Waals surface area contributed by atoms with Crippen molar-refractivity contribution in [3.63, 3.8) is 0 Å². The van der Waals surface area contributed by atoms with E-state index in [0.29, 0.717) is 57.2 Å². The number of fused-ring (bicyclic) bond motifs is 1. The molecule has 210 valence electrons. The molecule has 5 aromatic rings. The first-order chi connectivity index (χ1) is 19.7. The highest BCUT2D eigenvalue weighted by Gasteiger charge is 2.23. The smallest absolute Gasteiger partial charge is 0.255 e. The van der Waals surface area contributed by atoms with Crippen LogP contribution in [0, 0.1) is 11.7 Å². The van der Waals surface area contributed by atoms with Crippen molar-refractivity contribution in [3.05, 3.63) is 95.8 Å². The van der Waals surface area contributed by atoms with Crippen LogP contribution in [0.15, 0.2) is 77.6 Å². The van der Waals surface area contributed by atoms with Gasteiger partial charge in [-0.1, -0.05) is 19.9 Å². The highest BCUT2D eigenvalue weighted by Crippen LogP contribution is 2.38. The minimum atomic E-state index is -0.385. The van der Waals surface area contributed by atoms with Gasteiger partial charge in [-0.25, -0.2) is 9.37 Å². The van der Waals surface area contributed by atoms with E-state index in [0.717, 1.165) is 11.3 Å². The van der Waals surface area contributed by atoms with Crippen molar-refractivity contribution in [1.29, 1.82) is 0 Å². The monoisotopic (exact) mass is 554 g/mol. The molecule has 2 heterocycles. The van der Waals surface area contributed by atoms with Crippen molar-refractivity contribution in [2.45, 2.75) is 20.5 Å². The summed E-state index contributed by atoms with van der Waals surface area (Å²) in [6.45, 7) is 4.85. The fraction of sp³-hybridized carbons (Fsp3) is 0.219. The van der Waals surface area contributed by atoms with Gasteiger partial charge in [-0.3, -0.25) is 9.59 Å². The summed E-state index contributed by atoms with van der Waals surface area (Å²) < 4.78 is 27.7. The van der Waals surface area contributed by atoms with E-state index in [1.807, 2.05) is 43.8 Å². The molecule has 9 heteroatoms. The molecule has 3 aromatic carbocycles.